The number of hydrogen-bond donors (Lipinski definition) is 2. The molecule has 0 atom stereocenters. The molecule has 3 N–H and O–H groups in total. The van der Waals surface area contributed by atoms with E-state index in [1.165, 1.54) is 0 Å². The van der Waals surface area contributed by atoms with Gasteiger partial charge in [-0.15, -0.1) is 0 Å². The first-order valence-electron chi connectivity index (χ1n) is 5.08. The number of ether oxygens (including phenoxy) is 2. The Morgan fingerprint density at radius 2 is 2.12 bits per heavy atom. The summed E-state index contributed by atoms with van der Waals surface area (Å²) >= 11 is 0. The van der Waals surface area contributed by atoms with Gasteiger partial charge < -0.3 is 19.7 Å². The van der Waals surface area contributed by atoms with Crippen LogP contribution >= 0.6 is 0 Å². The van der Waals surface area contributed by atoms with Gasteiger partial charge >= 0.3 is 0 Å². The number of benzene rings is 1. The van der Waals surface area contributed by atoms with E-state index in [9.17, 15) is 4.79 Å². The van der Waals surface area contributed by atoms with E-state index in [1.807, 2.05) is 18.2 Å². The van der Waals surface area contributed by atoms with Gasteiger partial charge in [-0.3, -0.25) is 4.79 Å². The van der Waals surface area contributed by atoms with Crippen molar-refractivity contribution < 1.29 is 14.0 Å². The van der Waals surface area contributed by atoms with Gasteiger partial charge in [0.25, 0.3) is 5.56 Å². The van der Waals surface area contributed by atoms with Crippen molar-refractivity contribution in [3.05, 3.63) is 39.7 Å². The molecule has 0 bridgehead atoms. The van der Waals surface area contributed by atoms with Crippen molar-refractivity contribution in [1.82, 2.24) is 5.16 Å². The Hall–Kier alpha value is -2.37. The zero-order chi connectivity index (χ0) is 11.8. The average molecular weight is 234 g/mol. The van der Waals surface area contributed by atoms with Crippen LogP contribution in [0.4, 0.5) is 5.88 Å². The Labute approximate surface area is 95.9 Å². The summed E-state index contributed by atoms with van der Waals surface area (Å²) in [5.41, 5.74) is 6.57. The number of nitrogen functional groups attached to an aromatic ring is 1. The van der Waals surface area contributed by atoms with Gasteiger partial charge in [-0.25, -0.2) is 0 Å². The normalized spacial score (nSPS) is 12.9. The summed E-state index contributed by atoms with van der Waals surface area (Å²) in [7, 11) is 0. The van der Waals surface area contributed by atoms with Crippen LogP contribution in [0.1, 0.15) is 11.1 Å². The molecule has 0 aliphatic carbocycles. The Morgan fingerprint density at radius 1 is 1.29 bits per heavy atom. The van der Waals surface area contributed by atoms with Crippen LogP contribution in [0.25, 0.3) is 0 Å². The van der Waals surface area contributed by atoms with E-state index >= 15 is 0 Å². The van der Waals surface area contributed by atoms with Crippen molar-refractivity contribution in [2.45, 2.75) is 6.42 Å². The lowest BCUT2D eigenvalue weighted by atomic mass is 10.1. The summed E-state index contributed by atoms with van der Waals surface area (Å²) in [6.45, 7) is 0.229. The molecule has 1 aromatic heterocycles. The minimum atomic E-state index is -0.305. The number of fused-ring (bicyclic) bond motifs is 1. The second-order valence-corrected chi connectivity index (χ2v) is 3.74. The van der Waals surface area contributed by atoms with Crippen molar-refractivity contribution in [2.24, 2.45) is 0 Å². The molecule has 0 unspecified atom stereocenters. The lowest BCUT2D eigenvalue weighted by molar-refractivity contribution is 0.174. The smallest absolute Gasteiger partial charge is 0.285 e. The Balaban J connectivity index is 1.94. The van der Waals surface area contributed by atoms with Gasteiger partial charge in [0.05, 0.1) is 5.56 Å². The van der Waals surface area contributed by atoms with E-state index in [1.54, 1.807) is 0 Å². The van der Waals surface area contributed by atoms with E-state index in [0.29, 0.717) is 23.5 Å². The van der Waals surface area contributed by atoms with Crippen LogP contribution in [-0.4, -0.2) is 11.9 Å². The van der Waals surface area contributed by atoms with Gasteiger partial charge in [0, 0.05) is 6.42 Å². The Bertz CT molecular complexity index is 614. The number of H-pyrrole nitrogens is 1. The predicted octanol–water partition coefficient (Wildman–Crippen LogP) is 0.870. The van der Waals surface area contributed by atoms with Crippen molar-refractivity contribution in [3.63, 3.8) is 0 Å². The molecule has 0 spiro atoms. The van der Waals surface area contributed by atoms with Gasteiger partial charge in [-0.2, -0.15) is 5.16 Å². The summed E-state index contributed by atoms with van der Waals surface area (Å²) in [4.78, 5) is 11.4. The lowest BCUT2D eigenvalue weighted by Crippen LogP contribution is -2.07. The van der Waals surface area contributed by atoms with Gasteiger partial charge in [0.1, 0.15) is 0 Å². The van der Waals surface area contributed by atoms with Crippen molar-refractivity contribution in [3.8, 4) is 11.5 Å². The number of rotatable bonds is 2. The molecular weight excluding hydrogens is 224 g/mol. The quantitative estimate of drug-likeness (QED) is 0.804. The van der Waals surface area contributed by atoms with Crippen LogP contribution in [0.2, 0.25) is 0 Å². The third-order valence-corrected chi connectivity index (χ3v) is 2.64. The molecule has 3 rings (SSSR count). The molecule has 2 aromatic rings. The van der Waals surface area contributed by atoms with E-state index in [4.69, 9.17) is 19.7 Å². The third kappa shape index (κ3) is 1.63. The molecule has 0 saturated heterocycles. The molecule has 1 aromatic carbocycles. The molecule has 0 radical (unpaired) electrons. The number of anilines is 1. The van der Waals surface area contributed by atoms with Gasteiger partial charge in [-0.05, 0) is 17.7 Å². The van der Waals surface area contributed by atoms with Gasteiger partial charge in [-0.1, -0.05) is 6.07 Å². The highest BCUT2D eigenvalue weighted by molar-refractivity contribution is 5.47. The van der Waals surface area contributed by atoms with Crippen LogP contribution in [0.15, 0.2) is 27.5 Å². The maximum absolute atomic E-state index is 11.4. The minimum absolute atomic E-state index is 0.118. The fraction of sp³-hybridized carbons (Fsp3) is 0.182. The molecule has 0 amide bonds. The van der Waals surface area contributed by atoms with E-state index in [0.717, 1.165) is 5.56 Å². The Morgan fingerprint density at radius 3 is 2.88 bits per heavy atom. The second-order valence-electron chi connectivity index (χ2n) is 3.74. The second kappa shape index (κ2) is 3.58. The largest absolute Gasteiger partial charge is 0.454 e. The SMILES string of the molecule is Nc1o[nH]c(=O)c1Cc1ccc2c(c1)OCO2. The first-order chi connectivity index (χ1) is 8.24. The predicted molar refractivity (Wildman–Crippen MR) is 59.1 cm³/mol. The molecule has 17 heavy (non-hydrogen) atoms. The molecule has 6 nitrogen and oxygen atoms in total. The standard InChI is InChI=1S/C11H10N2O4/c12-10-7(11(14)13-17-10)3-6-1-2-8-9(4-6)16-5-15-8/h1-2,4H,3,5,12H2,(H,13,14). The maximum Gasteiger partial charge on any atom is 0.285 e. The summed E-state index contributed by atoms with van der Waals surface area (Å²) in [6.07, 6.45) is 0.397. The number of aromatic nitrogens is 1. The number of hydrogen-bond acceptors (Lipinski definition) is 5. The van der Waals surface area contributed by atoms with Crippen LogP contribution in [0.5, 0.6) is 11.5 Å². The lowest BCUT2D eigenvalue weighted by Gasteiger charge is -2.00. The number of aromatic amines is 1. The summed E-state index contributed by atoms with van der Waals surface area (Å²) in [5.74, 6) is 1.51. The highest BCUT2D eigenvalue weighted by atomic mass is 16.7. The zero-order valence-corrected chi connectivity index (χ0v) is 8.86. The van der Waals surface area contributed by atoms with Crippen LogP contribution in [-0.2, 0) is 6.42 Å². The minimum Gasteiger partial charge on any atom is -0.454 e. The monoisotopic (exact) mass is 234 g/mol. The van der Waals surface area contributed by atoms with E-state index in [2.05, 4.69) is 5.16 Å². The molecule has 2 heterocycles. The molecular formula is C11H10N2O4. The van der Waals surface area contributed by atoms with Crippen LogP contribution < -0.4 is 20.8 Å². The zero-order valence-electron chi connectivity index (χ0n) is 8.86. The fourth-order valence-corrected chi connectivity index (χ4v) is 1.76. The first-order valence-corrected chi connectivity index (χ1v) is 5.08. The average Bonchev–Trinajstić information content (AvgIpc) is 2.90. The first kappa shape index (κ1) is 9.83. The summed E-state index contributed by atoms with van der Waals surface area (Å²) < 4.78 is 15.2. The highest BCUT2D eigenvalue weighted by Crippen LogP contribution is 2.33. The number of nitrogens with two attached hydrogens (primary N) is 1. The van der Waals surface area contributed by atoms with Gasteiger partial charge in [0.2, 0.25) is 12.7 Å². The maximum atomic E-state index is 11.4. The Kier molecular flexibility index (Phi) is 2.07. The molecule has 0 fully saturated rings. The molecule has 88 valence electrons. The molecule has 1 aliphatic heterocycles. The summed E-state index contributed by atoms with van der Waals surface area (Å²) in [5, 5.41) is 2.20. The molecule has 1 aliphatic rings. The highest BCUT2D eigenvalue weighted by Gasteiger charge is 2.15. The van der Waals surface area contributed by atoms with E-state index in [-0.39, 0.29) is 18.2 Å². The number of nitrogens with one attached hydrogen (secondary N) is 1. The topological polar surface area (TPSA) is 90.5 Å². The molecule has 6 heteroatoms. The van der Waals surface area contributed by atoms with E-state index < -0.39 is 0 Å². The van der Waals surface area contributed by atoms with Gasteiger partial charge in [0.15, 0.2) is 11.5 Å². The molecule has 0 saturated carbocycles. The third-order valence-electron chi connectivity index (χ3n) is 2.64. The van der Waals surface area contributed by atoms with Crippen molar-refractivity contribution >= 4 is 5.88 Å². The van der Waals surface area contributed by atoms with Crippen LogP contribution in [0.3, 0.4) is 0 Å². The van der Waals surface area contributed by atoms with Crippen molar-refractivity contribution in [2.75, 3.05) is 12.5 Å². The fourth-order valence-electron chi connectivity index (χ4n) is 1.76. The summed E-state index contributed by atoms with van der Waals surface area (Å²) in [6, 6.07) is 5.50. The van der Waals surface area contributed by atoms with Crippen LogP contribution in [0, 0.1) is 0 Å². The van der Waals surface area contributed by atoms with Crippen molar-refractivity contribution in [1.29, 1.82) is 0 Å².